The highest BCUT2D eigenvalue weighted by Crippen LogP contribution is 2.47. The molecule has 2 nitrogen and oxygen atoms in total. The summed E-state index contributed by atoms with van der Waals surface area (Å²) in [7, 11) is 1.50. The minimum absolute atomic E-state index is 0.466. The smallest absolute Gasteiger partial charge is 0.00556 e. The number of nitrogens with zero attached hydrogens (tertiary/aromatic N) is 1. The lowest BCUT2D eigenvalue weighted by atomic mass is 9.65. The van der Waals surface area contributed by atoms with Gasteiger partial charge in [0.25, 0.3) is 0 Å². The number of aryl methyl sites for hydroxylation is 2. The third-order valence-corrected chi connectivity index (χ3v) is 8.15. The summed E-state index contributed by atoms with van der Waals surface area (Å²) in [6.45, 7) is 8.84. The maximum atomic E-state index is 4.50. The molecule has 1 saturated carbocycles. The molecule has 2 N–H and O–H groups in total. The lowest BCUT2D eigenvalue weighted by Gasteiger charge is -2.43. The van der Waals surface area contributed by atoms with Crippen LogP contribution in [0.25, 0.3) is 0 Å². The van der Waals surface area contributed by atoms with Gasteiger partial charge in [0.1, 0.15) is 0 Å². The first-order valence-electron chi connectivity index (χ1n) is 13.1. The number of rotatable bonds is 8. The standard InChI is InChI=1S/C29H41N.CH5N/c1-3-24-18-21-30(22-24)23-28(29(2)19-8-5-9-20-29)27-16-14-26(15-17-27)13-12-25-10-6-4-7-11-25;1-2/h4,6-7,10-11,14-17,24,28H,3,5,8-9,12-13,18-23H2,1-2H3;2H2,1H3/t24-,28?;/m1./s1. The number of likely N-dealkylation sites (tertiary alicyclic amines) is 1. The molecule has 2 aromatic carbocycles. The van der Waals surface area contributed by atoms with E-state index in [2.05, 4.69) is 79.1 Å². The van der Waals surface area contributed by atoms with Crippen LogP contribution in [-0.4, -0.2) is 31.6 Å². The van der Waals surface area contributed by atoms with Crippen molar-refractivity contribution in [1.29, 1.82) is 0 Å². The lowest BCUT2D eigenvalue weighted by molar-refractivity contribution is 0.134. The third kappa shape index (κ3) is 6.68. The summed E-state index contributed by atoms with van der Waals surface area (Å²) in [5.74, 6) is 1.60. The van der Waals surface area contributed by atoms with Crippen LogP contribution in [0.1, 0.15) is 81.4 Å². The molecule has 1 heterocycles. The molecule has 1 aliphatic heterocycles. The zero-order valence-corrected chi connectivity index (χ0v) is 20.9. The normalized spacial score (nSPS) is 21.6. The van der Waals surface area contributed by atoms with Gasteiger partial charge in [-0.05, 0) is 73.7 Å². The van der Waals surface area contributed by atoms with Gasteiger partial charge in [-0.1, -0.05) is 94.1 Å². The van der Waals surface area contributed by atoms with Crippen molar-refractivity contribution in [3.8, 4) is 0 Å². The van der Waals surface area contributed by atoms with Crippen molar-refractivity contribution in [2.24, 2.45) is 17.1 Å². The van der Waals surface area contributed by atoms with Gasteiger partial charge < -0.3 is 10.6 Å². The Morgan fingerprint density at radius 2 is 1.53 bits per heavy atom. The fraction of sp³-hybridized carbons (Fsp3) is 0.600. The van der Waals surface area contributed by atoms with Crippen LogP contribution < -0.4 is 5.73 Å². The molecule has 2 aromatic rings. The van der Waals surface area contributed by atoms with Crippen LogP contribution >= 0.6 is 0 Å². The summed E-state index contributed by atoms with van der Waals surface area (Å²) in [6, 6.07) is 20.7. The van der Waals surface area contributed by atoms with Gasteiger partial charge in [0, 0.05) is 19.0 Å². The van der Waals surface area contributed by atoms with E-state index in [1.165, 1.54) is 82.8 Å². The molecule has 1 aliphatic carbocycles. The largest absolute Gasteiger partial charge is 0.333 e. The number of hydrogen-bond donors (Lipinski definition) is 1. The van der Waals surface area contributed by atoms with E-state index >= 15 is 0 Å². The Hall–Kier alpha value is -1.64. The van der Waals surface area contributed by atoms with Crippen LogP contribution in [0.4, 0.5) is 0 Å². The van der Waals surface area contributed by atoms with Gasteiger partial charge in [-0.15, -0.1) is 0 Å². The Morgan fingerprint density at radius 1 is 0.906 bits per heavy atom. The Kier molecular flexibility index (Phi) is 9.81. The minimum atomic E-state index is 0.466. The van der Waals surface area contributed by atoms with Crippen molar-refractivity contribution < 1.29 is 0 Å². The molecule has 4 rings (SSSR count). The van der Waals surface area contributed by atoms with Crippen molar-refractivity contribution in [3.63, 3.8) is 0 Å². The van der Waals surface area contributed by atoms with Gasteiger partial charge in [-0.25, -0.2) is 0 Å². The summed E-state index contributed by atoms with van der Waals surface area (Å²) >= 11 is 0. The Balaban J connectivity index is 0.00000141. The second-order valence-corrected chi connectivity index (χ2v) is 10.3. The second kappa shape index (κ2) is 12.6. The molecule has 2 fully saturated rings. The van der Waals surface area contributed by atoms with Crippen molar-refractivity contribution >= 4 is 0 Å². The monoisotopic (exact) mass is 434 g/mol. The van der Waals surface area contributed by atoms with Crippen LogP contribution in [0.3, 0.4) is 0 Å². The highest BCUT2D eigenvalue weighted by Gasteiger charge is 2.38. The summed E-state index contributed by atoms with van der Waals surface area (Å²) in [6.07, 6.45) is 12.1. The first-order valence-corrected chi connectivity index (χ1v) is 13.1. The van der Waals surface area contributed by atoms with Gasteiger partial charge in [0.05, 0.1) is 0 Å². The van der Waals surface area contributed by atoms with E-state index in [0.717, 1.165) is 18.8 Å². The molecular weight excluding hydrogens is 388 g/mol. The van der Waals surface area contributed by atoms with E-state index in [9.17, 15) is 0 Å². The van der Waals surface area contributed by atoms with E-state index < -0.39 is 0 Å². The minimum Gasteiger partial charge on any atom is -0.333 e. The highest BCUT2D eigenvalue weighted by atomic mass is 15.1. The Morgan fingerprint density at radius 3 is 2.12 bits per heavy atom. The molecule has 0 radical (unpaired) electrons. The third-order valence-electron chi connectivity index (χ3n) is 8.15. The summed E-state index contributed by atoms with van der Waals surface area (Å²) in [4.78, 5) is 2.78. The molecule has 0 aromatic heterocycles. The van der Waals surface area contributed by atoms with Crippen LogP contribution in [0.5, 0.6) is 0 Å². The average Bonchev–Trinajstić information content (AvgIpc) is 3.32. The fourth-order valence-corrected chi connectivity index (χ4v) is 5.96. The van der Waals surface area contributed by atoms with Crippen molar-refractivity contribution in [2.75, 3.05) is 26.7 Å². The predicted molar refractivity (Wildman–Crippen MR) is 139 cm³/mol. The quantitative estimate of drug-likeness (QED) is 0.493. The Bertz CT molecular complexity index is 761. The average molecular weight is 435 g/mol. The van der Waals surface area contributed by atoms with Crippen LogP contribution in [0.2, 0.25) is 0 Å². The van der Waals surface area contributed by atoms with Crippen LogP contribution in [0.15, 0.2) is 54.6 Å². The second-order valence-electron chi connectivity index (χ2n) is 10.3. The molecule has 32 heavy (non-hydrogen) atoms. The lowest BCUT2D eigenvalue weighted by Crippen LogP contribution is -2.37. The number of hydrogen-bond acceptors (Lipinski definition) is 2. The van der Waals surface area contributed by atoms with E-state index in [1.54, 1.807) is 5.56 Å². The topological polar surface area (TPSA) is 29.3 Å². The van der Waals surface area contributed by atoms with Crippen LogP contribution in [0, 0.1) is 11.3 Å². The van der Waals surface area contributed by atoms with E-state index in [0.29, 0.717) is 11.3 Å². The molecule has 176 valence electrons. The molecule has 2 aliphatic rings. The van der Waals surface area contributed by atoms with E-state index in [4.69, 9.17) is 0 Å². The first-order chi connectivity index (χ1) is 15.7. The number of nitrogens with two attached hydrogens (primary N) is 1. The molecule has 0 amide bonds. The molecule has 2 heteroatoms. The molecular formula is C30H46N2. The predicted octanol–water partition coefficient (Wildman–Crippen LogP) is 6.83. The van der Waals surface area contributed by atoms with Crippen molar-refractivity contribution in [2.45, 2.75) is 77.6 Å². The zero-order valence-electron chi connectivity index (χ0n) is 20.9. The molecule has 0 spiro atoms. The molecule has 1 unspecified atom stereocenters. The first kappa shape index (κ1) is 25.0. The van der Waals surface area contributed by atoms with Gasteiger partial charge in [-0.3, -0.25) is 0 Å². The van der Waals surface area contributed by atoms with Gasteiger partial charge >= 0.3 is 0 Å². The van der Waals surface area contributed by atoms with Gasteiger partial charge in [0.2, 0.25) is 0 Å². The highest BCUT2D eigenvalue weighted by molar-refractivity contribution is 5.29. The summed E-state index contributed by atoms with van der Waals surface area (Å²) in [5.41, 5.74) is 9.47. The number of benzene rings is 2. The fourth-order valence-electron chi connectivity index (χ4n) is 5.96. The van der Waals surface area contributed by atoms with Gasteiger partial charge in [0.15, 0.2) is 0 Å². The maximum absolute atomic E-state index is 4.50. The van der Waals surface area contributed by atoms with Gasteiger partial charge in [-0.2, -0.15) is 0 Å². The van der Waals surface area contributed by atoms with E-state index in [1.807, 2.05) is 0 Å². The van der Waals surface area contributed by atoms with E-state index in [-0.39, 0.29) is 0 Å². The van der Waals surface area contributed by atoms with Crippen molar-refractivity contribution in [3.05, 3.63) is 71.3 Å². The van der Waals surface area contributed by atoms with Crippen molar-refractivity contribution in [1.82, 2.24) is 4.90 Å². The Labute approximate surface area is 197 Å². The zero-order chi connectivity index (χ0) is 22.8. The SMILES string of the molecule is CC[C@@H]1CCN(CC(c2ccc(CCc3ccccc3)cc2)C2(C)CCCCC2)C1.CN. The molecule has 2 atom stereocenters. The molecule has 1 saturated heterocycles. The summed E-state index contributed by atoms with van der Waals surface area (Å²) in [5, 5.41) is 0. The summed E-state index contributed by atoms with van der Waals surface area (Å²) < 4.78 is 0. The maximum Gasteiger partial charge on any atom is 0.00556 e. The van der Waals surface area contributed by atoms with Crippen LogP contribution in [-0.2, 0) is 12.8 Å². The molecule has 0 bridgehead atoms.